The molecule has 14 nitrogen and oxygen atoms in total. The van der Waals surface area contributed by atoms with Gasteiger partial charge < -0.3 is 29.9 Å². The highest BCUT2D eigenvalue weighted by Crippen LogP contribution is 2.44. The number of ether oxygens (including phenoxy) is 1. The first-order valence-electron chi connectivity index (χ1n) is 21.4. The third-order valence-corrected chi connectivity index (χ3v) is 14.3. The van der Waals surface area contributed by atoms with Gasteiger partial charge in [-0.2, -0.15) is 0 Å². The number of piperidine rings is 1. The first kappa shape index (κ1) is 44.2. The number of anilines is 2. The largest absolute Gasteiger partial charge is 0.456 e. The number of carbonyl (C=O) groups is 1. The quantitative estimate of drug-likeness (QED) is 0.0662. The van der Waals surface area contributed by atoms with Crippen LogP contribution in [0.15, 0.2) is 102 Å². The molecule has 332 valence electrons. The lowest BCUT2D eigenvalue weighted by atomic mass is 9.72. The Morgan fingerprint density at radius 2 is 1.68 bits per heavy atom. The predicted octanol–water partition coefficient (Wildman–Crippen LogP) is 8.30. The molecule has 8 rings (SSSR count). The summed E-state index contributed by atoms with van der Waals surface area (Å²) < 4.78 is 36.1. The van der Waals surface area contributed by atoms with Crippen molar-refractivity contribution in [2.75, 3.05) is 69.6 Å². The van der Waals surface area contributed by atoms with Gasteiger partial charge in [-0.3, -0.25) is 19.8 Å². The van der Waals surface area contributed by atoms with Crippen molar-refractivity contribution in [3.05, 3.63) is 123 Å². The number of hydrogen-bond acceptors (Lipinski definition) is 11. The van der Waals surface area contributed by atoms with Gasteiger partial charge in [0.25, 0.3) is 21.6 Å². The average molecular weight is 897 g/mol. The number of allylic oxidation sites excluding steroid dienone is 1. The highest BCUT2D eigenvalue weighted by atomic mass is 35.5. The van der Waals surface area contributed by atoms with Crippen molar-refractivity contribution in [2.45, 2.75) is 56.4 Å². The van der Waals surface area contributed by atoms with Crippen molar-refractivity contribution in [3.8, 4) is 11.5 Å². The molecule has 2 aliphatic heterocycles. The van der Waals surface area contributed by atoms with Crippen LogP contribution >= 0.6 is 11.6 Å². The van der Waals surface area contributed by atoms with E-state index in [1.807, 2.05) is 37.4 Å². The number of carbonyl (C=O) groups excluding carboxylic acids is 1. The number of hydrogen-bond donors (Lipinski definition) is 4. The number of nitrogens with one attached hydrogen (secondary N) is 3. The number of fused-ring (bicyclic) bond motifs is 1. The number of nitrogens with zero attached hydrogens (tertiary/aromatic N) is 4. The molecular formula is C47H54ClN7O7S. The Labute approximate surface area is 373 Å². The Hall–Kier alpha value is -5.45. The summed E-state index contributed by atoms with van der Waals surface area (Å²) in [4.78, 5) is 35.0. The van der Waals surface area contributed by atoms with Crippen LogP contribution in [0.3, 0.4) is 0 Å². The number of amides is 1. The van der Waals surface area contributed by atoms with Crippen molar-refractivity contribution in [1.82, 2.24) is 19.5 Å². The van der Waals surface area contributed by atoms with Gasteiger partial charge in [-0.1, -0.05) is 49.2 Å². The van der Waals surface area contributed by atoms with Crippen LogP contribution in [-0.4, -0.2) is 104 Å². The molecular weight excluding hydrogens is 842 g/mol. The van der Waals surface area contributed by atoms with E-state index in [0.717, 1.165) is 79.7 Å². The topological polar surface area (TPSA) is 173 Å². The molecule has 1 aromatic heterocycles. The maximum Gasteiger partial charge on any atom is 0.293 e. The number of benzene rings is 4. The number of aliphatic hydroxyl groups is 1. The highest BCUT2D eigenvalue weighted by molar-refractivity contribution is 7.90. The number of nitro groups is 1. The van der Waals surface area contributed by atoms with E-state index in [2.05, 4.69) is 55.7 Å². The van der Waals surface area contributed by atoms with Crippen molar-refractivity contribution in [1.29, 1.82) is 0 Å². The number of aromatic amines is 1. The molecule has 3 heterocycles. The number of sulfonamides is 1. The number of aromatic nitrogens is 1. The number of piperazine rings is 1. The number of likely N-dealkylation sites (tertiary alicyclic amines) is 1. The van der Waals surface area contributed by atoms with E-state index in [4.69, 9.17) is 16.3 Å². The maximum absolute atomic E-state index is 14.0. The molecule has 0 bridgehead atoms. The first-order valence-corrected chi connectivity index (χ1v) is 23.2. The molecule has 16 heteroatoms. The number of H-pyrrole nitrogens is 1. The summed E-state index contributed by atoms with van der Waals surface area (Å²) in [6, 6.07) is 24.0. The monoisotopic (exact) mass is 895 g/mol. The number of nitro benzene ring substituents is 1. The molecule has 2 saturated heterocycles. The van der Waals surface area contributed by atoms with Gasteiger partial charge >= 0.3 is 0 Å². The lowest BCUT2D eigenvalue weighted by Gasteiger charge is -2.39. The minimum atomic E-state index is -4.60. The van der Waals surface area contributed by atoms with Gasteiger partial charge in [0, 0.05) is 92.3 Å². The summed E-state index contributed by atoms with van der Waals surface area (Å²) in [6.07, 6.45) is 5.94. The third kappa shape index (κ3) is 10.2. The summed E-state index contributed by atoms with van der Waals surface area (Å²) in [5, 5.41) is 27.6. The van der Waals surface area contributed by atoms with Crippen LogP contribution in [0.4, 0.5) is 17.1 Å². The Morgan fingerprint density at radius 1 is 0.937 bits per heavy atom. The first-order chi connectivity index (χ1) is 30.0. The summed E-state index contributed by atoms with van der Waals surface area (Å²) in [6.45, 7) is 10.0. The molecule has 0 unspecified atom stereocenters. The van der Waals surface area contributed by atoms with Crippen molar-refractivity contribution >= 4 is 61.1 Å². The molecule has 0 spiro atoms. The zero-order chi connectivity index (χ0) is 44.5. The maximum atomic E-state index is 14.0. The van der Waals surface area contributed by atoms with E-state index in [1.165, 1.54) is 28.8 Å². The molecule has 0 saturated carbocycles. The molecule has 3 aliphatic rings. The Kier molecular flexibility index (Phi) is 12.6. The number of rotatable bonds is 13. The number of halogens is 1. The predicted molar refractivity (Wildman–Crippen MR) is 247 cm³/mol. The summed E-state index contributed by atoms with van der Waals surface area (Å²) in [5.74, 6) is -0.342. The molecule has 4 N–H and O–H groups in total. The smallest absolute Gasteiger partial charge is 0.293 e. The summed E-state index contributed by atoms with van der Waals surface area (Å²) in [7, 11) is -2.64. The Balaban J connectivity index is 1.01. The summed E-state index contributed by atoms with van der Waals surface area (Å²) >= 11 is 6.24. The van der Waals surface area contributed by atoms with Crippen LogP contribution in [0.5, 0.6) is 11.5 Å². The van der Waals surface area contributed by atoms with Gasteiger partial charge in [0.1, 0.15) is 17.2 Å². The summed E-state index contributed by atoms with van der Waals surface area (Å²) in [5.41, 5.74) is 4.42. The lowest BCUT2D eigenvalue weighted by Crippen LogP contribution is -2.47. The van der Waals surface area contributed by atoms with Crippen LogP contribution in [0.1, 0.15) is 61.9 Å². The van der Waals surface area contributed by atoms with Crippen molar-refractivity contribution in [2.24, 2.45) is 5.41 Å². The minimum absolute atomic E-state index is 0.0328. The molecule has 5 aromatic rings. The zero-order valence-corrected chi connectivity index (χ0v) is 37.4. The van der Waals surface area contributed by atoms with Gasteiger partial charge in [-0.25, -0.2) is 13.1 Å². The average Bonchev–Trinajstić information content (AvgIpc) is 3.75. The van der Waals surface area contributed by atoms with Gasteiger partial charge in [0.05, 0.1) is 21.0 Å². The fourth-order valence-electron chi connectivity index (χ4n) is 8.83. The molecule has 4 aromatic carbocycles. The molecule has 0 radical (unpaired) electrons. The fourth-order valence-corrected chi connectivity index (χ4v) is 9.94. The third-order valence-electron chi connectivity index (χ3n) is 12.7. The van der Waals surface area contributed by atoms with Gasteiger partial charge in [-0.05, 0) is 110 Å². The standard InChI is InChI=1S/C47H54ClN7O7S/c1-46(2)17-15-33(39(29-46)32-7-9-34(48)10-8-32)30-53-23-25-54(26-24-53)35-11-13-38(44(27-35)62-43-6-4-5-40-37(43)16-20-49-40)45(56)51-63(60,61)36-12-14-41(42(28-36)55(58)59)50-31-47(57)18-21-52(3)22-19-47/h4-14,16,20,27-28,49-50,57H,15,17-19,21-26,29-31H2,1-3H3,(H,51,56). The zero-order valence-electron chi connectivity index (χ0n) is 35.8. The van der Waals surface area contributed by atoms with Gasteiger partial charge in [-0.15, -0.1) is 0 Å². The van der Waals surface area contributed by atoms with Crippen LogP contribution < -0.4 is 19.7 Å². The normalized spacial score (nSPS) is 18.3. The van der Waals surface area contributed by atoms with E-state index in [-0.39, 0.29) is 29.0 Å². The van der Waals surface area contributed by atoms with Gasteiger partial charge in [0.2, 0.25) is 0 Å². The van der Waals surface area contributed by atoms with E-state index in [0.29, 0.717) is 31.7 Å². The van der Waals surface area contributed by atoms with E-state index >= 15 is 0 Å². The minimum Gasteiger partial charge on any atom is -0.456 e. The van der Waals surface area contributed by atoms with E-state index < -0.39 is 37.0 Å². The van der Waals surface area contributed by atoms with Crippen LogP contribution in [-0.2, 0) is 10.0 Å². The van der Waals surface area contributed by atoms with Crippen molar-refractivity contribution < 1.29 is 28.0 Å². The van der Waals surface area contributed by atoms with E-state index in [1.54, 1.807) is 30.5 Å². The molecule has 1 aliphatic carbocycles. The fraction of sp³-hybridized carbons (Fsp3) is 0.383. The highest BCUT2D eigenvalue weighted by Gasteiger charge is 2.33. The van der Waals surface area contributed by atoms with Gasteiger partial charge in [0.15, 0.2) is 0 Å². The lowest BCUT2D eigenvalue weighted by molar-refractivity contribution is -0.384. The van der Waals surface area contributed by atoms with Crippen LogP contribution in [0, 0.1) is 15.5 Å². The second-order valence-electron chi connectivity index (χ2n) is 17.9. The van der Waals surface area contributed by atoms with Crippen LogP contribution in [0.2, 0.25) is 5.02 Å². The van der Waals surface area contributed by atoms with E-state index in [9.17, 15) is 28.4 Å². The molecule has 63 heavy (non-hydrogen) atoms. The Bertz CT molecular complexity index is 2650. The van der Waals surface area contributed by atoms with Crippen LogP contribution in [0.25, 0.3) is 16.5 Å². The van der Waals surface area contributed by atoms with Crippen molar-refractivity contribution in [3.63, 3.8) is 0 Å². The Morgan fingerprint density at radius 3 is 2.41 bits per heavy atom. The molecule has 2 fully saturated rings. The second kappa shape index (κ2) is 18.0. The second-order valence-corrected chi connectivity index (χ2v) is 20.0. The molecule has 0 atom stereocenters. The molecule has 1 amide bonds. The SMILES string of the molecule is CN1CCC(O)(CNc2ccc(S(=O)(=O)NC(=O)c3ccc(N4CCN(CC5=C(c6ccc(Cl)cc6)CC(C)(C)CC5)CC4)cc3Oc3cccc4[nH]ccc34)cc2[N+](=O)[O-])CC1.